The number of hydrogen-bond acceptors (Lipinski definition) is 7. The summed E-state index contributed by atoms with van der Waals surface area (Å²) >= 11 is 0.975. The molecule has 204 valence electrons. The minimum atomic E-state index is -0.531. The highest BCUT2D eigenvalue weighted by Gasteiger charge is 2.17. The number of unbranched alkanes of at least 4 members (excludes halogenated alkanes) is 1. The van der Waals surface area contributed by atoms with Crippen LogP contribution in [0.15, 0.2) is 64.7 Å². The van der Waals surface area contributed by atoms with Crippen LogP contribution in [0.2, 0.25) is 0 Å². The van der Waals surface area contributed by atoms with E-state index in [2.05, 4.69) is 31.7 Å². The first kappa shape index (κ1) is 29.5. The van der Waals surface area contributed by atoms with E-state index in [9.17, 15) is 19.2 Å². The molecule has 0 fully saturated rings. The molecule has 10 nitrogen and oxygen atoms in total. The number of nitrogens with one attached hydrogen (secondary N) is 4. The van der Waals surface area contributed by atoms with Gasteiger partial charge in [-0.2, -0.15) is 0 Å². The average Bonchev–Trinajstić information content (AvgIpc) is 3.34. The van der Waals surface area contributed by atoms with E-state index in [1.807, 2.05) is 24.4 Å². The molecule has 0 saturated carbocycles. The highest BCUT2D eigenvalue weighted by Crippen LogP contribution is 2.20. The Morgan fingerprint density at radius 3 is 2.56 bits per heavy atom. The zero-order chi connectivity index (χ0) is 28.0. The van der Waals surface area contributed by atoms with Gasteiger partial charge in [0.15, 0.2) is 12.3 Å². The van der Waals surface area contributed by atoms with E-state index < -0.39 is 6.04 Å². The number of para-hydroxylation sites is 1. The number of benzene rings is 2. The van der Waals surface area contributed by atoms with Crippen LogP contribution < -0.4 is 15.5 Å². The van der Waals surface area contributed by atoms with Gasteiger partial charge in [0.2, 0.25) is 15.9 Å². The van der Waals surface area contributed by atoms with Crippen LogP contribution >= 0.6 is 11.8 Å². The third-order valence-electron chi connectivity index (χ3n) is 6.17. The van der Waals surface area contributed by atoms with Gasteiger partial charge in [0.1, 0.15) is 10.6 Å². The molecule has 1 atom stereocenters. The fourth-order valence-electron chi connectivity index (χ4n) is 4.13. The summed E-state index contributed by atoms with van der Waals surface area (Å²) < 4.78 is 0. The Morgan fingerprint density at radius 2 is 1.82 bits per heavy atom. The van der Waals surface area contributed by atoms with Crippen molar-refractivity contribution in [1.29, 1.82) is 5.53 Å². The second kappa shape index (κ2) is 15.4. The summed E-state index contributed by atoms with van der Waals surface area (Å²) in [6.45, 7) is 1.75. The summed E-state index contributed by atoms with van der Waals surface area (Å²) in [7, 11) is 0. The van der Waals surface area contributed by atoms with Gasteiger partial charge in [0.05, 0.1) is 6.04 Å². The van der Waals surface area contributed by atoms with E-state index >= 15 is 0 Å². The number of aryl methyl sites for hydroxylation is 1. The van der Waals surface area contributed by atoms with E-state index in [1.54, 1.807) is 24.3 Å². The van der Waals surface area contributed by atoms with Crippen molar-refractivity contribution >= 4 is 45.4 Å². The van der Waals surface area contributed by atoms with Crippen molar-refractivity contribution in [3.05, 3.63) is 65.9 Å². The summed E-state index contributed by atoms with van der Waals surface area (Å²) in [5.74, 6) is -0.442. The molecule has 1 unspecified atom stereocenters. The third kappa shape index (κ3) is 9.63. The van der Waals surface area contributed by atoms with Gasteiger partial charge >= 0.3 is 0 Å². The first-order chi connectivity index (χ1) is 18.9. The number of fused-ring (bicyclic) bond motifs is 1. The highest BCUT2D eigenvalue weighted by molar-refractivity contribution is 8.13. The number of aromatic amines is 1. The largest absolute Gasteiger partial charge is 0.361 e. The molecule has 3 aromatic rings. The molecular formula is C28H33N6O4S+. The Labute approximate surface area is 230 Å². The molecule has 4 N–H and O–H groups in total. The van der Waals surface area contributed by atoms with Crippen LogP contribution in [-0.2, 0) is 20.8 Å². The predicted octanol–water partition coefficient (Wildman–Crippen LogP) is 4.33. The molecule has 1 heterocycles. The van der Waals surface area contributed by atoms with Crippen molar-refractivity contribution in [1.82, 2.24) is 20.5 Å². The van der Waals surface area contributed by atoms with E-state index in [0.717, 1.165) is 23.7 Å². The molecule has 3 rings (SSSR count). The summed E-state index contributed by atoms with van der Waals surface area (Å²) in [5.41, 5.74) is 9.31. The minimum Gasteiger partial charge on any atom is -0.361 e. The Morgan fingerprint density at radius 1 is 1.05 bits per heavy atom. The molecule has 1 aromatic heterocycles. The number of Topliss-reactive ketones (excluding diaryl/α,β-unsaturated/α-hetero) is 1. The fraction of sp³-hybridized carbons (Fsp3) is 0.357. The second-order valence-corrected chi connectivity index (χ2v) is 10.2. The number of amides is 2. The average molecular weight is 550 g/mol. The lowest BCUT2D eigenvalue weighted by molar-refractivity contribution is -0.127. The van der Waals surface area contributed by atoms with Crippen molar-refractivity contribution in [2.75, 3.05) is 13.1 Å². The number of aromatic nitrogens is 1. The number of ketones is 1. The van der Waals surface area contributed by atoms with Gasteiger partial charge < -0.3 is 15.6 Å². The zero-order valence-corrected chi connectivity index (χ0v) is 22.7. The highest BCUT2D eigenvalue weighted by atomic mass is 32.2. The van der Waals surface area contributed by atoms with E-state index in [1.165, 1.54) is 17.9 Å². The van der Waals surface area contributed by atoms with Crippen LogP contribution in [0.3, 0.4) is 0 Å². The number of carbonyl (C=O) groups is 4. The first-order valence-electron chi connectivity index (χ1n) is 12.8. The van der Waals surface area contributed by atoms with Gasteiger partial charge in [-0.1, -0.05) is 18.2 Å². The standard InChI is InChI=1S/C28H32N6O4S/c1-19(35)24(33-26(36)11-6-7-21-17-31-25-10-3-2-8-23(21)25)9-4-5-16-30-28(38)20-12-14-22(15-13-20)39-27(37)18-32-34-29/h2-3,8,10,12-15,17,24,29,31H,4-7,9,11,16,18H2,1H3,(H-,30,33,36,38)/p+1. The maximum absolute atomic E-state index is 12.4. The summed E-state index contributed by atoms with van der Waals surface area (Å²) in [5, 5.41) is 9.98. The summed E-state index contributed by atoms with van der Waals surface area (Å²) in [4.78, 5) is 55.3. The topological polar surface area (TPSA) is 158 Å². The quantitative estimate of drug-likeness (QED) is 0.0960. The van der Waals surface area contributed by atoms with E-state index in [4.69, 9.17) is 5.53 Å². The monoisotopic (exact) mass is 549 g/mol. The van der Waals surface area contributed by atoms with Crippen LogP contribution in [-0.4, -0.2) is 46.8 Å². The number of carbonyl (C=O) groups excluding carboxylic acids is 4. The van der Waals surface area contributed by atoms with Crippen LogP contribution in [0.5, 0.6) is 0 Å². The van der Waals surface area contributed by atoms with Gasteiger partial charge in [-0.25, -0.2) is 0 Å². The maximum Gasteiger partial charge on any atom is 0.251 e. The molecule has 11 heteroatoms. The SMILES string of the molecule is CC(=O)C(CCCCNC(=O)c1ccc(SC(=O)CN=[N+]=N)cc1)NC(=O)CCCc1c[nH]c2ccccc12. The van der Waals surface area contributed by atoms with Crippen molar-refractivity contribution in [2.24, 2.45) is 5.11 Å². The molecular weight excluding hydrogens is 516 g/mol. The molecule has 0 bridgehead atoms. The molecule has 2 amide bonds. The molecule has 39 heavy (non-hydrogen) atoms. The van der Waals surface area contributed by atoms with Crippen molar-refractivity contribution in [2.45, 2.75) is 56.4 Å². The first-order valence-corrected chi connectivity index (χ1v) is 13.7. The number of nitrogens with zero attached hydrogens (tertiary/aromatic N) is 2. The smallest absolute Gasteiger partial charge is 0.251 e. The maximum atomic E-state index is 12.4. The Kier molecular flexibility index (Phi) is 11.6. The number of H-pyrrole nitrogens is 1. The number of hydrogen-bond donors (Lipinski definition) is 4. The summed E-state index contributed by atoms with van der Waals surface area (Å²) in [6, 6.07) is 14.2. The van der Waals surface area contributed by atoms with E-state index in [-0.39, 0.29) is 29.3 Å². The Bertz CT molecular complexity index is 1350. The van der Waals surface area contributed by atoms with Crippen LogP contribution in [0, 0.1) is 5.53 Å². The number of rotatable bonds is 15. The molecule has 0 saturated heterocycles. The molecule has 0 spiro atoms. The molecule has 0 radical (unpaired) electrons. The van der Waals surface area contributed by atoms with Gasteiger partial charge in [0.25, 0.3) is 5.91 Å². The zero-order valence-electron chi connectivity index (χ0n) is 21.9. The Hall–Kier alpha value is -4.08. The molecule has 0 aliphatic rings. The number of thioether (sulfide) groups is 1. The van der Waals surface area contributed by atoms with Crippen molar-refractivity contribution in [3.8, 4) is 0 Å². The molecule has 2 aromatic carbocycles. The lowest BCUT2D eigenvalue weighted by Crippen LogP contribution is -2.39. The third-order valence-corrected chi connectivity index (χ3v) is 7.04. The van der Waals surface area contributed by atoms with Crippen LogP contribution in [0.1, 0.15) is 54.9 Å². The van der Waals surface area contributed by atoms with Crippen LogP contribution in [0.4, 0.5) is 0 Å². The lowest BCUT2D eigenvalue weighted by Gasteiger charge is -2.16. The Balaban J connectivity index is 1.33. The summed E-state index contributed by atoms with van der Waals surface area (Å²) in [6.07, 6.45) is 5.65. The van der Waals surface area contributed by atoms with Crippen molar-refractivity contribution < 1.29 is 19.2 Å². The second-order valence-electron chi connectivity index (χ2n) is 9.09. The van der Waals surface area contributed by atoms with Crippen molar-refractivity contribution in [3.63, 3.8) is 0 Å². The minimum absolute atomic E-state index is 0.0804. The van der Waals surface area contributed by atoms with Gasteiger partial charge in [-0.05, 0) is 86.7 Å². The normalized spacial score (nSPS) is 11.4. The van der Waals surface area contributed by atoms with Crippen LogP contribution in [0.25, 0.3) is 10.9 Å². The predicted molar refractivity (Wildman–Crippen MR) is 149 cm³/mol. The molecule has 0 aliphatic heterocycles. The van der Waals surface area contributed by atoms with Gasteiger partial charge in [-0.15, -0.1) is 0 Å². The molecule has 0 aliphatic carbocycles. The fourth-order valence-corrected chi connectivity index (χ4v) is 4.79. The van der Waals surface area contributed by atoms with E-state index in [0.29, 0.717) is 49.1 Å². The van der Waals surface area contributed by atoms with Gasteiger partial charge in [0, 0.05) is 40.5 Å². The van der Waals surface area contributed by atoms with Gasteiger partial charge in [-0.3, -0.25) is 19.2 Å². The lowest BCUT2D eigenvalue weighted by atomic mass is 10.0.